The highest BCUT2D eigenvalue weighted by Crippen LogP contribution is 2.37. The average molecular weight is 423 g/mol. The minimum absolute atomic E-state index is 0.0621. The van der Waals surface area contributed by atoms with E-state index in [0.29, 0.717) is 46.8 Å². The van der Waals surface area contributed by atoms with Crippen LogP contribution in [0.4, 0.5) is 5.69 Å². The van der Waals surface area contributed by atoms with Gasteiger partial charge < -0.3 is 19.3 Å². The van der Waals surface area contributed by atoms with Gasteiger partial charge in [0.2, 0.25) is 0 Å². The maximum absolute atomic E-state index is 13.0. The van der Waals surface area contributed by atoms with Crippen molar-refractivity contribution in [3.05, 3.63) is 52.0 Å². The van der Waals surface area contributed by atoms with Crippen molar-refractivity contribution in [2.75, 3.05) is 44.8 Å². The number of carbonyl (C=O) groups excluding carboxylic acids is 1. The van der Waals surface area contributed by atoms with Crippen molar-refractivity contribution in [2.45, 2.75) is 13.3 Å². The third-order valence-corrected chi connectivity index (χ3v) is 5.18. The Hall–Kier alpha value is -2.11. The molecule has 5 nitrogen and oxygen atoms in total. The third-order valence-electron chi connectivity index (χ3n) is 4.67. The normalized spacial score (nSPS) is 14.1. The first-order chi connectivity index (χ1) is 13.5. The molecule has 1 aliphatic rings. The lowest BCUT2D eigenvalue weighted by molar-refractivity contribution is 0.0746. The number of hydrogen-bond acceptors (Lipinski definition) is 4. The van der Waals surface area contributed by atoms with Crippen LogP contribution in [0.5, 0.6) is 11.5 Å². The van der Waals surface area contributed by atoms with Crippen LogP contribution in [0.2, 0.25) is 10.0 Å². The molecule has 0 atom stereocenters. The summed E-state index contributed by atoms with van der Waals surface area (Å²) in [6.45, 7) is 5.29. The summed E-state index contributed by atoms with van der Waals surface area (Å²) >= 11 is 12.4. The average Bonchev–Trinajstić information content (AvgIpc) is 2.72. The number of hydrogen-bond donors (Lipinski definition) is 0. The number of piperazine rings is 1. The van der Waals surface area contributed by atoms with E-state index in [-0.39, 0.29) is 5.91 Å². The van der Waals surface area contributed by atoms with E-state index in [9.17, 15) is 4.79 Å². The predicted molar refractivity (Wildman–Crippen MR) is 113 cm³/mol. The van der Waals surface area contributed by atoms with Crippen LogP contribution in [-0.2, 0) is 0 Å². The minimum atomic E-state index is -0.0621. The molecule has 1 heterocycles. The fraction of sp³-hybridized carbons (Fsp3) is 0.381. The van der Waals surface area contributed by atoms with E-state index in [2.05, 4.69) is 4.90 Å². The van der Waals surface area contributed by atoms with Crippen LogP contribution in [0.15, 0.2) is 36.4 Å². The lowest BCUT2D eigenvalue weighted by atomic mass is 10.1. The van der Waals surface area contributed by atoms with E-state index < -0.39 is 0 Å². The largest absolute Gasteiger partial charge is 0.493 e. The Kier molecular flexibility index (Phi) is 6.92. The number of benzene rings is 2. The Morgan fingerprint density at radius 2 is 1.86 bits per heavy atom. The van der Waals surface area contributed by atoms with Gasteiger partial charge in [-0.25, -0.2) is 0 Å². The molecule has 1 aliphatic heterocycles. The summed E-state index contributed by atoms with van der Waals surface area (Å²) in [5, 5.41) is 1.09. The molecular formula is C21H24Cl2N2O3. The molecule has 1 amide bonds. The molecule has 2 aromatic carbocycles. The van der Waals surface area contributed by atoms with Gasteiger partial charge in [0.05, 0.1) is 18.7 Å². The molecule has 0 spiro atoms. The van der Waals surface area contributed by atoms with Crippen molar-refractivity contribution in [3.8, 4) is 11.5 Å². The number of amides is 1. The van der Waals surface area contributed by atoms with Crippen LogP contribution in [0, 0.1) is 0 Å². The number of ether oxygens (including phenoxy) is 2. The van der Waals surface area contributed by atoms with Crippen molar-refractivity contribution >= 4 is 34.8 Å². The molecular weight excluding hydrogens is 399 g/mol. The summed E-state index contributed by atoms with van der Waals surface area (Å²) in [7, 11) is 1.54. The zero-order chi connectivity index (χ0) is 20.1. The first-order valence-electron chi connectivity index (χ1n) is 9.33. The molecule has 0 unspecified atom stereocenters. The molecule has 0 aliphatic carbocycles. The van der Waals surface area contributed by atoms with E-state index in [0.717, 1.165) is 25.2 Å². The van der Waals surface area contributed by atoms with Crippen molar-refractivity contribution in [1.29, 1.82) is 0 Å². The molecule has 150 valence electrons. The van der Waals surface area contributed by atoms with Crippen LogP contribution >= 0.6 is 23.2 Å². The second-order valence-corrected chi connectivity index (χ2v) is 7.44. The molecule has 2 aromatic rings. The Labute approximate surface area is 175 Å². The lowest BCUT2D eigenvalue weighted by Crippen LogP contribution is -2.48. The lowest BCUT2D eigenvalue weighted by Gasteiger charge is -2.36. The number of rotatable bonds is 6. The van der Waals surface area contributed by atoms with Crippen molar-refractivity contribution in [1.82, 2.24) is 4.90 Å². The summed E-state index contributed by atoms with van der Waals surface area (Å²) in [6, 6.07) is 11.1. The molecule has 0 aromatic heterocycles. The monoisotopic (exact) mass is 422 g/mol. The van der Waals surface area contributed by atoms with Gasteiger partial charge in [0.15, 0.2) is 11.5 Å². The smallest absolute Gasteiger partial charge is 0.254 e. The van der Waals surface area contributed by atoms with Crippen molar-refractivity contribution < 1.29 is 14.3 Å². The van der Waals surface area contributed by atoms with E-state index >= 15 is 0 Å². The van der Waals surface area contributed by atoms with Crippen LogP contribution in [0.3, 0.4) is 0 Å². The number of anilines is 1. The van der Waals surface area contributed by atoms with Gasteiger partial charge in [0.25, 0.3) is 5.91 Å². The van der Waals surface area contributed by atoms with Crippen LogP contribution in [0.25, 0.3) is 0 Å². The van der Waals surface area contributed by atoms with Crippen LogP contribution in [-0.4, -0.2) is 50.7 Å². The second kappa shape index (κ2) is 9.39. The standard InChI is InChI=1S/C21H24Cl2N2O3/c1-3-11-28-20-18(23)12-15(13-19(20)27-2)21(26)25-9-7-24(8-10-25)17-6-4-5-16(22)14-17/h4-6,12-14H,3,7-11H2,1-2H3. The van der Waals surface area contributed by atoms with Gasteiger partial charge in [-0.1, -0.05) is 36.2 Å². The highest BCUT2D eigenvalue weighted by molar-refractivity contribution is 6.32. The Morgan fingerprint density at radius 3 is 2.50 bits per heavy atom. The summed E-state index contributed by atoms with van der Waals surface area (Å²) in [4.78, 5) is 17.0. The molecule has 0 radical (unpaired) electrons. The highest BCUT2D eigenvalue weighted by Gasteiger charge is 2.24. The molecule has 1 fully saturated rings. The van der Waals surface area contributed by atoms with Gasteiger partial charge in [-0.2, -0.15) is 0 Å². The molecule has 3 rings (SSSR count). The fourth-order valence-corrected chi connectivity index (χ4v) is 3.66. The third kappa shape index (κ3) is 4.65. The second-order valence-electron chi connectivity index (χ2n) is 6.60. The highest BCUT2D eigenvalue weighted by atomic mass is 35.5. The van der Waals surface area contributed by atoms with E-state index in [1.165, 1.54) is 0 Å². The molecule has 1 saturated heterocycles. The zero-order valence-electron chi connectivity index (χ0n) is 16.1. The van der Waals surface area contributed by atoms with E-state index in [1.807, 2.05) is 36.1 Å². The Morgan fingerprint density at radius 1 is 1.11 bits per heavy atom. The quantitative estimate of drug-likeness (QED) is 0.673. The fourth-order valence-electron chi connectivity index (χ4n) is 3.21. The van der Waals surface area contributed by atoms with Gasteiger partial charge >= 0.3 is 0 Å². The van der Waals surface area contributed by atoms with Gasteiger partial charge in [-0.3, -0.25) is 4.79 Å². The van der Waals surface area contributed by atoms with Gasteiger partial charge in [-0.05, 0) is 36.8 Å². The van der Waals surface area contributed by atoms with E-state index in [4.69, 9.17) is 32.7 Å². The van der Waals surface area contributed by atoms with Crippen LogP contribution < -0.4 is 14.4 Å². The van der Waals surface area contributed by atoms with Crippen molar-refractivity contribution in [2.24, 2.45) is 0 Å². The number of methoxy groups -OCH3 is 1. The van der Waals surface area contributed by atoms with Gasteiger partial charge in [0.1, 0.15) is 0 Å². The summed E-state index contributed by atoms with van der Waals surface area (Å²) < 4.78 is 11.0. The van der Waals surface area contributed by atoms with E-state index in [1.54, 1.807) is 19.2 Å². The number of halogens is 2. The predicted octanol–water partition coefficient (Wildman–Crippen LogP) is 4.75. The number of carbonyl (C=O) groups is 1. The first-order valence-corrected chi connectivity index (χ1v) is 10.1. The maximum Gasteiger partial charge on any atom is 0.254 e. The summed E-state index contributed by atoms with van der Waals surface area (Å²) in [5.41, 5.74) is 1.57. The summed E-state index contributed by atoms with van der Waals surface area (Å²) in [5.74, 6) is 0.892. The molecule has 0 N–H and O–H groups in total. The number of nitrogens with zero attached hydrogens (tertiary/aromatic N) is 2. The zero-order valence-corrected chi connectivity index (χ0v) is 17.6. The topological polar surface area (TPSA) is 42.0 Å². The van der Waals surface area contributed by atoms with Crippen LogP contribution in [0.1, 0.15) is 23.7 Å². The Balaban J connectivity index is 1.70. The maximum atomic E-state index is 13.0. The molecule has 0 saturated carbocycles. The molecule has 7 heteroatoms. The molecule has 28 heavy (non-hydrogen) atoms. The van der Waals surface area contributed by atoms with Gasteiger partial charge in [-0.15, -0.1) is 0 Å². The SMILES string of the molecule is CCCOc1c(Cl)cc(C(=O)N2CCN(c3cccc(Cl)c3)CC2)cc1OC. The molecule has 0 bridgehead atoms. The Bertz CT molecular complexity index is 836. The minimum Gasteiger partial charge on any atom is -0.493 e. The van der Waals surface area contributed by atoms with Crippen molar-refractivity contribution in [3.63, 3.8) is 0 Å². The summed E-state index contributed by atoms with van der Waals surface area (Å²) in [6.07, 6.45) is 0.858. The van der Waals surface area contributed by atoms with Gasteiger partial charge in [0, 0.05) is 42.5 Å². The first kappa shape index (κ1) is 20.6.